The first-order valence-corrected chi connectivity index (χ1v) is 5.64. The van der Waals surface area contributed by atoms with E-state index in [0.29, 0.717) is 13.0 Å². The Morgan fingerprint density at radius 3 is 2.25 bits per heavy atom. The lowest BCUT2D eigenvalue weighted by molar-refractivity contribution is 0.605. The number of allylic oxidation sites excluding steroid dienone is 2. The van der Waals surface area contributed by atoms with Gasteiger partial charge in [0, 0.05) is 19.3 Å². The zero-order valence-electron chi connectivity index (χ0n) is 11.1. The highest BCUT2D eigenvalue weighted by atomic mass is 19.1. The Balaban J connectivity index is 4.30. The molecule has 3 heteroatoms. The Labute approximate surface area is 98.6 Å². The zero-order valence-corrected chi connectivity index (χ0v) is 11.1. The maximum absolute atomic E-state index is 13.0. The van der Waals surface area contributed by atoms with E-state index in [4.69, 9.17) is 0 Å². The smallest absolute Gasteiger partial charge is 0.0996 e. The van der Waals surface area contributed by atoms with Crippen LogP contribution in [0, 0.1) is 0 Å². The van der Waals surface area contributed by atoms with E-state index < -0.39 is 0 Å². The molecule has 16 heavy (non-hydrogen) atoms. The van der Waals surface area contributed by atoms with Gasteiger partial charge in [0.25, 0.3) is 0 Å². The summed E-state index contributed by atoms with van der Waals surface area (Å²) in [5.74, 6) is 0.850. The van der Waals surface area contributed by atoms with Gasteiger partial charge in [-0.3, -0.25) is 4.99 Å². The Morgan fingerprint density at radius 2 is 1.88 bits per heavy atom. The van der Waals surface area contributed by atoms with Crippen LogP contribution in [0.25, 0.3) is 0 Å². The van der Waals surface area contributed by atoms with Crippen LogP contribution in [0.2, 0.25) is 0 Å². The summed E-state index contributed by atoms with van der Waals surface area (Å²) in [5, 5.41) is 0. The van der Waals surface area contributed by atoms with Crippen LogP contribution in [-0.2, 0) is 0 Å². The molecule has 0 radical (unpaired) electrons. The lowest BCUT2D eigenvalue weighted by Gasteiger charge is -2.18. The third-order valence-electron chi connectivity index (χ3n) is 2.73. The van der Waals surface area contributed by atoms with E-state index >= 15 is 0 Å². The molecule has 0 N–H and O–H groups in total. The fourth-order valence-electron chi connectivity index (χ4n) is 1.33. The minimum Gasteiger partial charge on any atom is -0.338 e. The Morgan fingerprint density at radius 1 is 1.31 bits per heavy atom. The summed E-state index contributed by atoms with van der Waals surface area (Å²) in [6.07, 6.45) is 1.45. The van der Waals surface area contributed by atoms with Gasteiger partial charge < -0.3 is 4.90 Å². The van der Waals surface area contributed by atoms with Gasteiger partial charge in [-0.1, -0.05) is 13.5 Å². The molecule has 2 nitrogen and oxygen atoms in total. The molecule has 0 unspecified atom stereocenters. The average Bonchev–Trinajstić information content (AvgIpc) is 2.22. The highest BCUT2D eigenvalue weighted by Crippen LogP contribution is 2.13. The van der Waals surface area contributed by atoms with Gasteiger partial charge in [0.2, 0.25) is 0 Å². The summed E-state index contributed by atoms with van der Waals surface area (Å²) in [6.45, 7) is 11.8. The molecule has 0 spiro atoms. The quantitative estimate of drug-likeness (QED) is 0.512. The van der Waals surface area contributed by atoms with Crippen LogP contribution in [0.3, 0.4) is 0 Å². The number of hydrogen-bond donors (Lipinski definition) is 0. The Kier molecular flexibility index (Phi) is 6.70. The van der Waals surface area contributed by atoms with Gasteiger partial charge >= 0.3 is 0 Å². The second-order valence-corrected chi connectivity index (χ2v) is 3.96. The summed E-state index contributed by atoms with van der Waals surface area (Å²) in [6, 6.07) is 0. The van der Waals surface area contributed by atoms with Crippen molar-refractivity contribution < 1.29 is 4.39 Å². The Hall–Kier alpha value is -1.12. The van der Waals surface area contributed by atoms with E-state index in [1.165, 1.54) is 6.92 Å². The predicted molar refractivity (Wildman–Crippen MR) is 69.3 cm³/mol. The second kappa shape index (κ2) is 7.20. The number of rotatable bonds is 5. The number of nitrogens with zero attached hydrogens (tertiary/aromatic N) is 2. The Bertz CT molecular complexity index is 299. The first-order valence-electron chi connectivity index (χ1n) is 5.64. The van der Waals surface area contributed by atoms with Crippen LogP contribution in [0.15, 0.2) is 28.7 Å². The minimum atomic E-state index is -0.0661. The standard InChI is InChI=1S/C13H23FN2/c1-7-13(11(4)14)8-9-15-12(5)16(6)10(2)3/h2,7-9H2,1,3-6H3/b13-11+,15-12?. The number of amidine groups is 1. The molecule has 0 aliphatic carbocycles. The summed E-state index contributed by atoms with van der Waals surface area (Å²) >= 11 is 0. The zero-order chi connectivity index (χ0) is 12.7. The average molecular weight is 226 g/mol. The van der Waals surface area contributed by atoms with Gasteiger partial charge in [-0.2, -0.15) is 0 Å². The maximum Gasteiger partial charge on any atom is 0.0996 e. The molecule has 0 heterocycles. The molecule has 0 fully saturated rings. The molecule has 0 aromatic rings. The molecular weight excluding hydrogens is 203 g/mol. The van der Waals surface area contributed by atoms with Crippen LogP contribution < -0.4 is 0 Å². The highest BCUT2D eigenvalue weighted by molar-refractivity contribution is 5.80. The summed E-state index contributed by atoms with van der Waals surface area (Å²) < 4.78 is 13.0. The van der Waals surface area contributed by atoms with Crippen molar-refractivity contribution in [3.63, 3.8) is 0 Å². The van der Waals surface area contributed by atoms with E-state index in [1.54, 1.807) is 0 Å². The predicted octanol–water partition coefficient (Wildman–Crippen LogP) is 3.91. The molecule has 0 rings (SSSR count). The van der Waals surface area contributed by atoms with Crippen molar-refractivity contribution in [1.29, 1.82) is 0 Å². The van der Waals surface area contributed by atoms with Crippen molar-refractivity contribution in [2.45, 2.75) is 40.5 Å². The van der Waals surface area contributed by atoms with E-state index in [9.17, 15) is 4.39 Å². The molecule has 92 valence electrons. The lowest BCUT2D eigenvalue weighted by atomic mass is 10.1. The fraction of sp³-hybridized carbons (Fsp3) is 0.615. The number of hydrogen-bond acceptors (Lipinski definition) is 1. The van der Waals surface area contributed by atoms with Gasteiger partial charge in [0.15, 0.2) is 0 Å². The van der Waals surface area contributed by atoms with Crippen molar-refractivity contribution >= 4 is 5.84 Å². The first kappa shape index (κ1) is 14.9. The van der Waals surface area contributed by atoms with Crippen LogP contribution in [0.1, 0.15) is 40.5 Å². The molecule has 0 saturated heterocycles. The lowest BCUT2D eigenvalue weighted by Crippen LogP contribution is -2.21. The largest absolute Gasteiger partial charge is 0.338 e. The first-order chi connectivity index (χ1) is 7.40. The highest BCUT2D eigenvalue weighted by Gasteiger charge is 2.02. The minimum absolute atomic E-state index is 0.0661. The maximum atomic E-state index is 13.0. The van der Waals surface area contributed by atoms with E-state index in [0.717, 1.165) is 23.5 Å². The van der Waals surface area contributed by atoms with E-state index in [1.807, 2.05) is 32.7 Å². The van der Waals surface area contributed by atoms with Crippen molar-refractivity contribution in [1.82, 2.24) is 4.90 Å². The van der Waals surface area contributed by atoms with Crippen molar-refractivity contribution in [3.05, 3.63) is 23.7 Å². The van der Waals surface area contributed by atoms with Crippen LogP contribution >= 0.6 is 0 Å². The molecule has 0 aromatic heterocycles. The normalized spacial score (nSPS) is 13.5. The fourth-order valence-corrected chi connectivity index (χ4v) is 1.33. The molecule has 0 saturated carbocycles. The third kappa shape index (κ3) is 5.10. The molecular formula is C13H23FN2. The molecule has 0 amide bonds. The topological polar surface area (TPSA) is 15.6 Å². The monoisotopic (exact) mass is 226 g/mol. The second-order valence-electron chi connectivity index (χ2n) is 3.96. The van der Waals surface area contributed by atoms with E-state index in [-0.39, 0.29) is 5.83 Å². The summed E-state index contributed by atoms with van der Waals surface area (Å²) in [5.41, 5.74) is 1.81. The van der Waals surface area contributed by atoms with Crippen LogP contribution in [-0.4, -0.2) is 24.3 Å². The number of aliphatic imine (C=N–C) groups is 1. The summed E-state index contributed by atoms with van der Waals surface area (Å²) in [7, 11) is 1.93. The molecule has 0 bridgehead atoms. The van der Waals surface area contributed by atoms with Gasteiger partial charge in [-0.25, -0.2) is 4.39 Å². The molecule has 0 atom stereocenters. The van der Waals surface area contributed by atoms with Gasteiger partial charge in [-0.15, -0.1) is 0 Å². The molecule has 0 aliphatic heterocycles. The van der Waals surface area contributed by atoms with Crippen LogP contribution in [0.5, 0.6) is 0 Å². The van der Waals surface area contributed by atoms with Crippen molar-refractivity contribution in [3.8, 4) is 0 Å². The molecule has 0 aromatic carbocycles. The number of halogens is 1. The van der Waals surface area contributed by atoms with Gasteiger partial charge in [-0.05, 0) is 39.2 Å². The van der Waals surface area contributed by atoms with Crippen molar-refractivity contribution in [2.24, 2.45) is 4.99 Å². The third-order valence-corrected chi connectivity index (χ3v) is 2.73. The van der Waals surface area contributed by atoms with Gasteiger partial charge in [0.1, 0.15) is 0 Å². The van der Waals surface area contributed by atoms with E-state index in [2.05, 4.69) is 11.6 Å². The van der Waals surface area contributed by atoms with Crippen molar-refractivity contribution in [2.75, 3.05) is 13.6 Å². The summed E-state index contributed by atoms with van der Waals surface area (Å²) in [4.78, 5) is 6.32. The molecule has 0 aliphatic rings. The van der Waals surface area contributed by atoms with Gasteiger partial charge in [0.05, 0.1) is 11.7 Å². The SMILES string of the molecule is C=C(C)N(C)C(C)=NCC/C(CC)=C(\C)F. The van der Waals surface area contributed by atoms with Crippen LogP contribution in [0.4, 0.5) is 4.39 Å².